The van der Waals surface area contributed by atoms with Gasteiger partial charge in [-0.05, 0) is 44.2 Å². The minimum Gasteiger partial charge on any atom is -0.449 e. The van der Waals surface area contributed by atoms with Crippen molar-refractivity contribution in [2.24, 2.45) is 0 Å². The van der Waals surface area contributed by atoms with E-state index in [2.05, 4.69) is 0 Å². The van der Waals surface area contributed by atoms with E-state index in [0.717, 1.165) is 17.7 Å². The molecule has 0 aliphatic carbocycles. The average molecular weight is 499 g/mol. The number of esters is 1. The van der Waals surface area contributed by atoms with Gasteiger partial charge in [-0.3, -0.25) is 14.9 Å². The van der Waals surface area contributed by atoms with Crippen LogP contribution in [-0.4, -0.2) is 10.9 Å². The van der Waals surface area contributed by atoms with Crippen LogP contribution in [0.25, 0.3) is 11.0 Å². The predicted octanol–water partition coefficient (Wildman–Crippen LogP) is 6.35. The maximum Gasteiger partial charge on any atom is 0.453 e. The monoisotopic (exact) mass is 499 g/mol. The normalized spacial score (nSPS) is 11.4. The molecule has 0 atom stereocenters. The van der Waals surface area contributed by atoms with E-state index in [0.29, 0.717) is 0 Å². The molecule has 0 N–H and O–H groups in total. The standard InChI is InChI=1S/C25H16F3NO7/c1-13-6-8-15(9-7-13)34-22-21(30)18-11-10-16(12-20(18)36-23(22)25(26,27)28)35-24(31)17-4-3-5-19(14(17)2)29(32)33/h3-12H,1-2H3. The van der Waals surface area contributed by atoms with Crippen LogP contribution in [0.1, 0.15) is 27.2 Å². The van der Waals surface area contributed by atoms with E-state index >= 15 is 0 Å². The molecule has 11 heteroatoms. The first-order valence-electron chi connectivity index (χ1n) is 10.3. The van der Waals surface area contributed by atoms with E-state index in [1.54, 1.807) is 19.1 Å². The number of alkyl halides is 3. The van der Waals surface area contributed by atoms with Gasteiger partial charge in [-0.2, -0.15) is 13.2 Å². The fourth-order valence-electron chi connectivity index (χ4n) is 3.43. The maximum atomic E-state index is 13.7. The summed E-state index contributed by atoms with van der Waals surface area (Å²) >= 11 is 0. The molecule has 1 aromatic heterocycles. The molecule has 1 heterocycles. The number of hydrogen-bond acceptors (Lipinski definition) is 7. The highest BCUT2D eigenvalue weighted by Gasteiger charge is 2.40. The molecule has 0 amide bonds. The van der Waals surface area contributed by atoms with E-state index in [-0.39, 0.29) is 33.7 Å². The zero-order chi connectivity index (χ0) is 26.2. The molecule has 184 valence electrons. The molecule has 0 aliphatic rings. The van der Waals surface area contributed by atoms with Crippen LogP contribution in [-0.2, 0) is 6.18 Å². The second kappa shape index (κ2) is 9.17. The highest BCUT2D eigenvalue weighted by Crippen LogP contribution is 2.38. The molecule has 0 unspecified atom stereocenters. The van der Waals surface area contributed by atoms with Crippen molar-refractivity contribution in [3.63, 3.8) is 0 Å². The maximum absolute atomic E-state index is 13.7. The fraction of sp³-hybridized carbons (Fsp3) is 0.120. The van der Waals surface area contributed by atoms with Gasteiger partial charge in [0.05, 0.1) is 15.9 Å². The average Bonchev–Trinajstić information content (AvgIpc) is 2.81. The summed E-state index contributed by atoms with van der Waals surface area (Å²) in [7, 11) is 0. The molecule has 0 aliphatic heterocycles. The number of benzene rings is 3. The molecule has 0 saturated heterocycles. The Hall–Kier alpha value is -4.67. The molecular weight excluding hydrogens is 483 g/mol. The predicted molar refractivity (Wildman–Crippen MR) is 122 cm³/mol. The van der Waals surface area contributed by atoms with Crippen molar-refractivity contribution in [1.29, 1.82) is 0 Å². The molecule has 0 bridgehead atoms. The van der Waals surface area contributed by atoms with Gasteiger partial charge in [0, 0.05) is 17.7 Å². The summed E-state index contributed by atoms with van der Waals surface area (Å²) in [4.78, 5) is 35.9. The number of nitro groups is 1. The summed E-state index contributed by atoms with van der Waals surface area (Å²) in [5.41, 5.74) is -1.09. The number of rotatable bonds is 5. The Labute approximate surface area is 200 Å². The van der Waals surface area contributed by atoms with Gasteiger partial charge < -0.3 is 13.9 Å². The summed E-state index contributed by atoms with van der Waals surface area (Å²) < 4.78 is 56.7. The molecule has 0 radical (unpaired) electrons. The summed E-state index contributed by atoms with van der Waals surface area (Å²) in [6.45, 7) is 3.14. The smallest absolute Gasteiger partial charge is 0.449 e. The van der Waals surface area contributed by atoms with Crippen LogP contribution in [0, 0.1) is 24.0 Å². The minimum atomic E-state index is -5.07. The number of halogens is 3. The molecule has 4 rings (SSSR count). The highest BCUT2D eigenvalue weighted by atomic mass is 19.4. The zero-order valence-corrected chi connectivity index (χ0v) is 18.7. The topological polar surface area (TPSA) is 109 Å². The molecule has 0 spiro atoms. The lowest BCUT2D eigenvalue weighted by atomic mass is 10.1. The van der Waals surface area contributed by atoms with Gasteiger partial charge in [0.25, 0.3) is 11.4 Å². The zero-order valence-electron chi connectivity index (χ0n) is 18.7. The lowest BCUT2D eigenvalue weighted by Gasteiger charge is -2.14. The van der Waals surface area contributed by atoms with Crippen molar-refractivity contribution in [3.8, 4) is 17.2 Å². The van der Waals surface area contributed by atoms with Crippen molar-refractivity contribution in [1.82, 2.24) is 0 Å². The van der Waals surface area contributed by atoms with Gasteiger partial charge in [-0.25, -0.2) is 4.79 Å². The second-order valence-electron chi connectivity index (χ2n) is 7.76. The third-order valence-corrected chi connectivity index (χ3v) is 5.25. The van der Waals surface area contributed by atoms with E-state index in [1.807, 2.05) is 0 Å². The third kappa shape index (κ3) is 4.76. The van der Waals surface area contributed by atoms with E-state index < -0.39 is 39.6 Å². The Balaban J connectivity index is 1.74. The second-order valence-corrected chi connectivity index (χ2v) is 7.76. The Kier molecular flexibility index (Phi) is 6.23. The van der Waals surface area contributed by atoms with Gasteiger partial charge in [0.15, 0.2) is 0 Å². The molecule has 8 nitrogen and oxygen atoms in total. The van der Waals surface area contributed by atoms with Gasteiger partial charge >= 0.3 is 12.1 Å². The van der Waals surface area contributed by atoms with Crippen LogP contribution in [0.3, 0.4) is 0 Å². The molecule has 0 saturated carbocycles. The largest absolute Gasteiger partial charge is 0.453 e. The van der Waals surface area contributed by atoms with Crippen LogP contribution in [0.2, 0.25) is 0 Å². The first-order chi connectivity index (χ1) is 17.0. The Morgan fingerprint density at radius 1 is 1.00 bits per heavy atom. The SMILES string of the molecule is Cc1ccc(Oc2c(C(F)(F)F)oc3cc(OC(=O)c4cccc([N+](=O)[O-])c4C)ccc3c2=O)cc1. The van der Waals surface area contributed by atoms with E-state index in [4.69, 9.17) is 13.9 Å². The molecular formula is C25H16F3NO7. The first kappa shape index (κ1) is 24.5. The van der Waals surface area contributed by atoms with Gasteiger partial charge in [-0.1, -0.05) is 23.8 Å². The highest BCUT2D eigenvalue weighted by molar-refractivity contribution is 5.94. The quantitative estimate of drug-likeness (QED) is 0.136. The van der Waals surface area contributed by atoms with Crippen LogP contribution >= 0.6 is 0 Å². The fourth-order valence-corrected chi connectivity index (χ4v) is 3.43. The van der Waals surface area contributed by atoms with E-state index in [1.165, 1.54) is 43.3 Å². The van der Waals surface area contributed by atoms with E-state index in [9.17, 15) is 32.9 Å². The lowest BCUT2D eigenvalue weighted by molar-refractivity contribution is -0.385. The molecule has 3 aromatic carbocycles. The lowest BCUT2D eigenvalue weighted by Crippen LogP contribution is -2.16. The Morgan fingerprint density at radius 2 is 1.67 bits per heavy atom. The van der Waals surface area contributed by atoms with Crippen LogP contribution in [0.5, 0.6) is 17.2 Å². The van der Waals surface area contributed by atoms with Crippen LogP contribution in [0.15, 0.2) is 69.9 Å². The summed E-state index contributed by atoms with van der Waals surface area (Å²) in [5.74, 6) is -3.89. The molecule has 0 fully saturated rings. The number of aryl methyl sites for hydroxylation is 1. The number of ether oxygens (including phenoxy) is 2. The number of carbonyl (C=O) groups is 1. The van der Waals surface area contributed by atoms with Crippen LogP contribution in [0.4, 0.5) is 18.9 Å². The number of hydrogen-bond donors (Lipinski definition) is 0. The van der Waals surface area contributed by atoms with Gasteiger partial charge in [-0.15, -0.1) is 0 Å². The number of nitrogens with zero attached hydrogens (tertiary/aromatic N) is 1. The summed E-state index contributed by atoms with van der Waals surface area (Å²) in [6.07, 6.45) is -5.07. The van der Waals surface area contributed by atoms with Gasteiger partial charge in [0.1, 0.15) is 17.1 Å². The van der Waals surface area contributed by atoms with Crippen molar-refractivity contribution < 1.29 is 36.8 Å². The molecule has 4 aromatic rings. The Morgan fingerprint density at radius 3 is 2.31 bits per heavy atom. The number of carbonyl (C=O) groups excluding carboxylic acids is 1. The number of nitro benzene ring substituents is 1. The molecule has 36 heavy (non-hydrogen) atoms. The minimum absolute atomic E-state index is 0.00984. The summed E-state index contributed by atoms with van der Waals surface area (Å²) in [6, 6.07) is 13.1. The first-order valence-corrected chi connectivity index (χ1v) is 10.3. The van der Waals surface area contributed by atoms with Crippen molar-refractivity contribution in [2.45, 2.75) is 20.0 Å². The Bertz CT molecular complexity index is 1560. The third-order valence-electron chi connectivity index (χ3n) is 5.25. The number of fused-ring (bicyclic) bond motifs is 1. The van der Waals surface area contributed by atoms with Crippen molar-refractivity contribution in [3.05, 3.63) is 103 Å². The summed E-state index contributed by atoms with van der Waals surface area (Å²) in [5, 5.41) is 10.9. The van der Waals surface area contributed by atoms with Crippen molar-refractivity contribution in [2.75, 3.05) is 0 Å². The van der Waals surface area contributed by atoms with Gasteiger partial charge in [0.2, 0.25) is 11.2 Å². The van der Waals surface area contributed by atoms with Crippen molar-refractivity contribution >= 4 is 22.6 Å². The van der Waals surface area contributed by atoms with Crippen LogP contribution < -0.4 is 14.9 Å².